The first-order chi connectivity index (χ1) is 15.2. The summed E-state index contributed by atoms with van der Waals surface area (Å²) in [7, 11) is -3.58. The maximum Gasteiger partial charge on any atom is 0.251 e. The number of carbonyl (C=O) groups is 1. The van der Waals surface area contributed by atoms with Crippen molar-refractivity contribution in [2.45, 2.75) is 32.9 Å². The minimum Gasteiger partial charge on any atom is -0.346 e. The van der Waals surface area contributed by atoms with Gasteiger partial charge in [0.1, 0.15) is 5.82 Å². The van der Waals surface area contributed by atoms with Gasteiger partial charge >= 0.3 is 0 Å². The van der Waals surface area contributed by atoms with E-state index in [-0.39, 0.29) is 24.3 Å². The van der Waals surface area contributed by atoms with E-state index >= 15 is 0 Å². The molecule has 0 aromatic heterocycles. The molecule has 0 bridgehead atoms. The zero-order valence-electron chi connectivity index (χ0n) is 18.4. The smallest absolute Gasteiger partial charge is 0.251 e. The number of benzene rings is 3. The first kappa shape index (κ1) is 23.5. The molecule has 0 unspecified atom stereocenters. The van der Waals surface area contributed by atoms with Crippen LogP contribution in [0, 0.1) is 5.82 Å². The van der Waals surface area contributed by atoms with Gasteiger partial charge in [-0.1, -0.05) is 43.3 Å². The first-order valence-corrected chi connectivity index (χ1v) is 12.2. The molecule has 3 aromatic rings. The third-order valence-corrected chi connectivity index (χ3v) is 6.43. The van der Waals surface area contributed by atoms with Crippen molar-refractivity contribution in [1.82, 2.24) is 5.32 Å². The van der Waals surface area contributed by atoms with Crippen LogP contribution in [-0.4, -0.2) is 20.6 Å². The molecule has 168 valence electrons. The lowest BCUT2D eigenvalue weighted by atomic mass is 10.0. The number of nitrogens with one attached hydrogen (secondary N) is 1. The highest BCUT2D eigenvalue weighted by Crippen LogP contribution is 2.22. The number of rotatable bonds is 8. The zero-order chi connectivity index (χ0) is 23.3. The van der Waals surface area contributed by atoms with Crippen LogP contribution in [0.3, 0.4) is 0 Å². The maximum atomic E-state index is 13.2. The van der Waals surface area contributed by atoms with Crippen LogP contribution in [0.5, 0.6) is 0 Å². The Morgan fingerprint density at radius 3 is 2.03 bits per heavy atom. The molecule has 0 aliphatic carbocycles. The van der Waals surface area contributed by atoms with Crippen LogP contribution in [0.1, 0.15) is 46.9 Å². The van der Waals surface area contributed by atoms with Crippen LogP contribution < -0.4 is 9.62 Å². The second kappa shape index (κ2) is 9.96. The number of hydrogen-bond donors (Lipinski definition) is 1. The third kappa shape index (κ3) is 5.95. The molecule has 5 nitrogen and oxygen atoms in total. The van der Waals surface area contributed by atoms with Crippen molar-refractivity contribution < 1.29 is 17.6 Å². The largest absolute Gasteiger partial charge is 0.346 e. The highest BCUT2D eigenvalue weighted by Gasteiger charge is 2.19. The number of hydrogen-bond acceptors (Lipinski definition) is 3. The van der Waals surface area contributed by atoms with E-state index in [9.17, 15) is 17.6 Å². The Hall–Kier alpha value is -3.19. The molecule has 0 spiro atoms. The van der Waals surface area contributed by atoms with E-state index in [4.69, 9.17) is 0 Å². The predicted octanol–water partition coefficient (Wildman–Crippen LogP) is 4.85. The molecule has 3 aromatic carbocycles. The molecule has 1 N–H and O–H groups in total. The molecule has 1 amide bonds. The Morgan fingerprint density at radius 2 is 1.50 bits per heavy atom. The van der Waals surface area contributed by atoms with E-state index in [1.54, 1.807) is 36.4 Å². The summed E-state index contributed by atoms with van der Waals surface area (Å²) in [6.07, 6.45) is 2.07. The van der Waals surface area contributed by atoms with Gasteiger partial charge in [0.05, 0.1) is 24.5 Å². The Morgan fingerprint density at radius 1 is 0.938 bits per heavy atom. The zero-order valence-corrected chi connectivity index (χ0v) is 19.2. The second-order valence-corrected chi connectivity index (χ2v) is 9.64. The molecule has 0 saturated carbocycles. The van der Waals surface area contributed by atoms with Crippen LogP contribution in [0.15, 0.2) is 72.8 Å². The van der Waals surface area contributed by atoms with Gasteiger partial charge < -0.3 is 5.32 Å². The van der Waals surface area contributed by atoms with Gasteiger partial charge in [-0.2, -0.15) is 0 Å². The molecule has 0 aliphatic heterocycles. The van der Waals surface area contributed by atoms with E-state index in [1.165, 1.54) is 22.0 Å². The van der Waals surface area contributed by atoms with Crippen molar-refractivity contribution in [3.63, 3.8) is 0 Å². The maximum absolute atomic E-state index is 13.2. The monoisotopic (exact) mass is 454 g/mol. The summed E-state index contributed by atoms with van der Waals surface area (Å²) in [6, 6.07) is 20.0. The summed E-state index contributed by atoms with van der Waals surface area (Å²) in [5.74, 6) is -0.626. The number of carbonyl (C=O) groups excluding carboxylic acids is 1. The highest BCUT2D eigenvalue weighted by molar-refractivity contribution is 7.92. The standard InChI is InChI=1S/C25H27FN2O3S/c1-4-19-5-9-21(10-6-19)18(2)27-25(29)22-11-15-24(16-12-22)28(32(3,30)31)17-20-7-13-23(26)14-8-20/h5-16,18H,4,17H2,1-3H3,(H,27,29)/t18-/m0/s1. The van der Waals surface area contributed by atoms with Crippen molar-refractivity contribution in [2.75, 3.05) is 10.6 Å². The summed E-state index contributed by atoms with van der Waals surface area (Å²) < 4.78 is 39.1. The van der Waals surface area contributed by atoms with Crippen LogP contribution in [0.2, 0.25) is 0 Å². The molecule has 32 heavy (non-hydrogen) atoms. The fourth-order valence-electron chi connectivity index (χ4n) is 3.34. The number of anilines is 1. The van der Waals surface area contributed by atoms with Crippen molar-refractivity contribution in [3.8, 4) is 0 Å². The fourth-order valence-corrected chi connectivity index (χ4v) is 4.23. The molecular formula is C25H27FN2O3S. The van der Waals surface area contributed by atoms with E-state index in [0.29, 0.717) is 16.8 Å². The third-order valence-electron chi connectivity index (χ3n) is 5.29. The topological polar surface area (TPSA) is 66.5 Å². The molecule has 3 rings (SSSR count). The Kier molecular flexibility index (Phi) is 7.30. The van der Waals surface area contributed by atoms with Crippen molar-refractivity contribution in [2.24, 2.45) is 0 Å². The minimum absolute atomic E-state index is 0.0649. The van der Waals surface area contributed by atoms with Crippen molar-refractivity contribution in [1.29, 1.82) is 0 Å². The quantitative estimate of drug-likeness (QED) is 0.529. The van der Waals surface area contributed by atoms with Gasteiger partial charge in [0, 0.05) is 5.56 Å². The van der Waals surface area contributed by atoms with Crippen LogP contribution >= 0.6 is 0 Å². The second-order valence-electron chi connectivity index (χ2n) is 7.73. The summed E-state index contributed by atoms with van der Waals surface area (Å²) in [4.78, 5) is 12.7. The predicted molar refractivity (Wildman–Crippen MR) is 126 cm³/mol. The minimum atomic E-state index is -3.58. The molecule has 0 saturated heterocycles. The van der Waals surface area contributed by atoms with Crippen LogP contribution in [0.25, 0.3) is 0 Å². The lowest BCUT2D eigenvalue weighted by Gasteiger charge is -2.23. The van der Waals surface area contributed by atoms with Gasteiger partial charge in [0.25, 0.3) is 5.91 Å². The number of aryl methyl sites for hydroxylation is 1. The first-order valence-electron chi connectivity index (χ1n) is 10.4. The average Bonchev–Trinajstić information content (AvgIpc) is 2.78. The summed E-state index contributed by atoms with van der Waals surface area (Å²) in [5.41, 5.74) is 3.76. The van der Waals surface area contributed by atoms with E-state index < -0.39 is 10.0 Å². The Balaban J connectivity index is 1.73. The van der Waals surface area contributed by atoms with Gasteiger partial charge in [0.15, 0.2) is 0 Å². The van der Waals surface area contributed by atoms with Gasteiger partial charge in [-0.05, 0) is 66.4 Å². The van der Waals surface area contributed by atoms with Crippen molar-refractivity contribution in [3.05, 3.63) is 101 Å². The van der Waals surface area contributed by atoms with E-state index in [1.807, 2.05) is 31.2 Å². The molecule has 0 radical (unpaired) electrons. The number of sulfonamides is 1. The Bertz CT molecular complexity index is 1160. The number of halogens is 1. The lowest BCUT2D eigenvalue weighted by Crippen LogP contribution is -2.29. The van der Waals surface area contributed by atoms with Gasteiger partial charge in [0.2, 0.25) is 10.0 Å². The van der Waals surface area contributed by atoms with E-state index in [2.05, 4.69) is 12.2 Å². The average molecular weight is 455 g/mol. The van der Waals surface area contributed by atoms with Crippen molar-refractivity contribution >= 4 is 21.6 Å². The number of nitrogens with zero attached hydrogens (tertiary/aromatic N) is 1. The van der Waals surface area contributed by atoms with Gasteiger partial charge in [-0.25, -0.2) is 12.8 Å². The molecule has 7 heteroatoms. The molecule has 1 atom stereocenters. The molecule has 0 fully saturated rings. The lowest BCUT2D eigenvalue weighted by molar-refractivity contribution is 0.0940. The molecule has 0 heterocycles. The molecular weight excluding hydrogens is 427 g/mol. The van der Waals surface area contributed by atoms with Crippen LogP contribution in [0.4, 0.5) is 10.1 Å². The number of amides is 1. The fraction of sp³-hybridized carbons (Fsp3) is 0.240. The molecule has 0 aliphatic rings. The van der Waals surface area contributed by atoms with Crippen LogP contribution in [-0.2, 0) is 23.0 Å². The normalized spacial score (nSPS) is 12.2. The van der Waals surface area contributed by atoms with E-state index in [0.717, 1.165) is 18.2 Å². The van der Waals surface area contributed by atoms with Gasteiger partial charge in [-0.3, -0.25) is 9.10 Å². The summed E-state index contributed by atoms with van der Waals surface area (Å²) >= 11 is 0. The Labute approximate surface area is 188 Å². The van der Waals surface area contributed by atoms with Gasteiger partial charge in [-0.15, -0.1) is 0 Å². The SMILES string of the molecule is CCc1ccc([C@H](C)NC(=O)c2ccc(N(Cc3ccc(F)cc3)S(C)(=O)=O)cc2)cc1. The summed E-state index contributed by atoms with van der Waals surface area (Å²) in [5, 5.41) is 2.97. The highest BCUT2D eigenvalue weighted by atomic mass is 32.2. The summed E-state index contributed by atoms with van der Waals surface area (Å²) in [6.45, 7) is 4.07.